The second kappa shape index (κ2) is 6.40. The SMILES string of the molecule is COCCN(Cc1ccc(C)c(N)c1)C(C)C1CC1. The van der Waals surface area contributed by atoms with E-state index in [-0.39, 0.29) is 0 Å². The van der Waals surface area contributed by atoms with E-state index in [0.717, 1.165) is 36.9 Å². The average Bonchev–Trinajstić information content (AvgIpc) is 3.22. The summed E-state index contributed by atoms with van der Waals surface area (Å²) < 4.78 is 5.24. The number of nitrogens with zero attached hydrogens (tertiary/aromatic N) is 1. The van der Waals surface area contributed by atoms with Gasteiger partial charge in [0.05, 0.1) is 6.61 Å². The van der Waals surface area contributed by atoms with Crippen molar-refractivity contribution in [2.45, 2.75) is 39.3 Å². The first-order valence-corrected chi connectivity index (χ1v) is 7.20. The van der Waals surface area contributed by atoms with E-state index in [0.29, 0.717) is 6.04 Å². The highest BCUT2D eigenvalue weighted by molar-refractivity contribution is 5.48. The lowest BCUT2D eigenvalue weighted by atomic mass is 10.1. The van der Waals surface area contributed by atoms with Crippen molar-refractivity contribution in [3.05, 3.63) is 29.3 Å². The van der Waals surface area contributed by atoms with Crippen LogP contribution in [-0.2, 0) is 11.3 Å². The lowest BCUT2D eigenvalue weighted by Crippen LogP contribution is -2.36. The van der Waals surface area contributed by atoms with E-state index in [1.54, 1.807) is 7.11 Å². The van der Waals surface area contributed by atoms with Gasteiger partial charge < -0.3 is 10.5 Å². The number of ether oxygens (including phenoxy) is 1. The highest BCUT2D eigenvalue weighted by Gasteiger charge is 2.31. The van der Waals surface area contributed by atoms with E-state index >= 15 is 0 Å². The second-order valence-electron chi connectivity index (χ2n) is 5.73. The van der Waals surface area contributed by atoms with E-state index < -0.39 is 0 Å². The van der Waals surface area contributed by atoms with Crippen molar-refractivity contribution in [2.24, 2.45) is 5.92 Å². The standard InChI is InChI=1S/C16H26N2O/c1-12-4-5-14(10-16(12)17)11-18(8-9-19-3)13(2)15-6-7-15/h4-5,10,13,15H,6-9,11,17H2,1-3H3. The molecule has 3 heteroatoms. The molecule has 2 rings (SSSR count). The fourth-order valence-corrected chi connectivity index (χ4v) is 2.53. The predicted molar refractivity (Wildman–Crippen MR) is 80.1 cm³/mol. The number of nitrogen functional groups attached to an aromatic ring is 1. The van der Waals surface area contributed by atoms with Crippen molar-refractivity contribution in [3.63, 3.8) is 0 Å². The maximum Gasteiger partial charge on any atom is 0.0589 e. The molecule has 0 aliphatic heterocycles. The van der Waals surface area contributed by atoms with Gasteiger partial charge in [-0.15, -0.1) is 0 Å². The van der Waals surface area contributed by atoms with Crippen LogP contribution in [0.5, 0.6) is 0 Å². The smallest absolute Gasteiger partial charge is 0.0589 e. The second-order valence-corrected chi connectivity index (χ2v) is 5.73. The molecule has 0 amide bonds. The van der Waals surface area contributed by atoms with Crippen LogP contribution in [0.2, 0.25) is 0 Å². The van der Waals surface area contributed by atoms with Crippen molar-refractivity contribution in [1.29, 1.82) is 0 Å². The van der Waals surface area contributed by atoms with Crippen LogP contribution in [0, 0.1) is 12.8 Å². The molecule has 1 unspecified atom stereocenters. The van der Waals surface area contributed by atoms with Gasteiger partial charge in [-0.1, -0.05) is 12.1 Å². The Labute approximate surface area is 116 Å². The van der Waals surface area contributed by atoms with Gasteiger partial charge in [0.2, 0.25) is 0 Å². The van der Waals surface area contributed by atoms with Crippen LogP contribution < -0.4 is 5.73 Å². The molecule has 106 valence electrons. The number of nitrogens with two attached hydrogens (primary N) is 1. The number of hydrogen-bond donors (Lipinski definition) is 1. The summed E-state index contributed by atoms with van der Waals surface area (Å²) in [5.41, 5.74) is 9.35. The third kappa shape index (κ3) is 3.95. The molecule has 1 atom stereocenters. The molecule has 0 saturated heterocycles. The summed E-state index contributed by atoms with van der Waals surface area (Å²) in [6.07, 6.45) is 2.75. The lowest BCUT2D eigenvalue weighted by molar-refractivity contribution is 0.111. The minimum absolute atomic E-state index is 0.637. The number of benzene rings is 1. The van der Waals surface area contributed by atoms with Crippen LogP contribution in [0.4, 0.5) is 5.69 Å². The minimum atomic E-state index is 0.637. The highest BCUT2D eigenvalue weighted by atomic mass is 16.5. The van der Waals surface area contributed by atoms with Crippen molar-refractivity contribution in [3.8, 4) is 0 Å². The van der Waals surface area contributed by atoms with E-state index in [4.69, 9.17) is 10.5 Å². The van der Waals surface area contributed by atoms with Crippen molar-refractivity contribution in [1.82, 2.24) is 4.90 Å². The number of anilines is 1. The van der Waals surface area contributed by atoms with Crippen molar-refractivity contribution < 1.29 is 4.74 Å². The normalized spacial score (nSPS) is 16.8. The number of methoxy groups -OCH3 is 1. The predicted octanol–water partition coefficient (Wildman–Crippen LogP) is 2.82. The maximum absolute atomic E-state index is 6.00. The summed E-state index contributed by atoms with van der Waals surface area (Å²) in [6, 6.07) is 7.04. The summed E-state index contributed by atoms with van der Waals surface area (Å²) >= 11 is 0. The third-order valence-electron chi connectivity index (χ3n) is 4.19. The molecule has 0 radical (unpaired) electrons. The maximum atomic E-state index is 6.00. The van der Waals surface area contributed by atoms with Gasteiger partial charge in [0.25, 0.3) is 0 Å². The van der Waals surface area contributed by atoms with Crippen molar-refractivity contribution >= 4 is 5.69 Å². The Balaban J connectivity index is 2.02. The fraction of sp³-hybridized carbons (Fsp3) is 0.625. The Morgan fingerprint density at radius 3 is 2.74 bits per heavy atom. The number of aryl methyl sites for hydroxylation is 1. The van der Waals surface area contributed by atoms with Gasteiger partial charge in [-0.25, -0.2) is 0 Å². The molecule has 0 bridgehead atoms. The summed E-state index contributed by atoms with van der Waals surface area (Å²) in [5.74, 6) is 0.875. The molecule has 1 saturated carbocycles. The topological polar surface area (TPSA) is 38.5 Å². The van der Waals surface area contributed by atoms with Crippen LogP contribution in [0.1, 0.15) is 30.9 Å². The van der Waals surface area contributed by atoms with Gasteiger partial charge in [0.1, 0.15) is 0 Å². The van der Waals surface area contributed by atoms with Gasteiger partial charge in [0.15, 0.2) is 0 Å². The largest absolute Gasteiger partial charge is 0.399 e. The molecular formula is C16H26N2O. The van der Waals surface area contributed by atoms with Crippen LogP contribution in [0.25, 0.3) is 0 Å². The average molecular weight is 262 g/mol. The van der Waals surface area contributed by atoms with E-state index in [1.807, 2.05) is 0 Å². The monoisotopic (exact) mass is 262 g/mol. The molecule has 1 aliphatic carbocycles. The van der Waals surface area contributed by atoms with Crippen LogP contribution in [0.15, 0.2) is 18.2 Å². The lowest BCUT2D eigenvalue weighted by Gasteiger charge is -2.29. The summed E-state index contributed by atoms with van der Waals surface area (Å²) in [5, 5.41) is 0. The first kappa shape index (κ1) is 14.4. The molecule has 0 aromatic heterocycles. The molecule has 2 N–H and O–H groups in total. The summed E-state index contributed by atoms with van der Waals surface area (Å²) in [6.45, 7) is 7.13. The van der Waals surface area contributed by atoms with Gasteiger partial charge in [-0.05, 0) is 49.8 Å². The Kier molecular flexibility index (Phi) is 4.83. The zero-order chi connectivity index (χ0) is 13.8. The van der Waals surface area contributed by atoms with Crippen LogP contribution in [0.3, 0.4) is 0 Å². The molecule has 1 aromatic rings. The van der Waals surface area contributed by atoms with Crippen molar-refractivity contribution in [2.75, 3.05) is 26.0 Å². The molecule has 19 heavy (non-hydrogen) atoms. The zero-order valence-corrected chi connectivity index (χ0v) is 12.4. The van der Waals surface area contributed by atoms with Gasteiger partial charge >= 0.3 is 0 Å². The van der Waals surface area contributed by atoms with E-state index in [9.17, 15) is 0 Å². The third-order valence-corrected chi connectivity index (χ3v) is 4.19. The summed E-state index contributed by atoms with van der Waals surface area (Å²) in [7, 11) is 1.77. The Morgan fingerprint density at radius 1 is 1.42 bits per heavy atom. The Hall–Kier alpha value is -1.06. The Morgan fingerprint density at radius 2 is 2.16 bits per heavy atom. The number of rotatable bonds is 7. The molecule has 0 spiro atoms. The van der Waals surface area contributed by atoms with E-state index in [2.05, 4.69) is 36.9 Å². The van der Waals surface area contributed by atoms with E-state index in [1.165, 1.54) is 18.4 Å². The highest BCUT2D eigenvalue weighted by Crippen LogP contribution is 2.35. The molecule has 0 heterocycles. The molecule has 3 nitrogen and oxygen atoms in total. The fourth-order valence-electron chi connectivity index (χ4n) is 2.53. The minimum Gasteiger partial charge on any atom is -0.399 e. The summed E-state index contributed by atoms with van der Waals surface area (Å²) in [4.78, 5) is 2.52. The molecule has 1 aromatic carbocycles. The van der Waals surface area contributed by atoms with Crippen LogP contribution >= 0.6 is 0 Å². The Bertz CT molecular complexity index is 415. The number of hydrogen-bond acceptors (Lipinski definition) is 3. The molecule has 1 fully saturated rings. The van der Waals surface area contributed by atoms with Gasteiger partial charge in [-0.2, -0.15) is 0 Å². The van der Waals surface area contributed by atoms with Crippen LogP contribution in [-0.4, -0.2) is 31.2 Å². The zero-order valence-electron chi connectivity index (χ0n) is 12.4. The van der Waals surface area contributed by atoms with Gasteiger partial charge in [-0.3, -0.25) is 4.90 Å². The quantitative estimate of drug-likeness (QED) is 0.768. The van der Waals surface area contributed by atoms with Gasteiger partial charge in [0, 0.05) is 31.9 Å². The molecular weight excluding hydrogens is 236 g/mol. The first-order valence-electron chi connectivity index (χ1n) is 7.20. The first-order chi connectivity index (χ1) is 9.11. The molecule has 1 aliphatic rings.